The van der Waals surface area contributed by atoms with Crippen LogP contribution < -0.4 is 0 Å². The molecule has 3 aromatic heterocycles. The summed E-state index contributed by atoms with van der Waals surface area (Å²) in [4.78, 5) is 14.0. The van der Waals surface area contributed by atoms with Gasteiger partial charge in [-0.15, -0.1) is 0 Å². The molecule has 1 spiro atoms. The second-order valence-corrected chi connectivity index (χ2v) is 14.4. The summed E-state index contributed by atoms with van der Waals surface area (Å²) in [6, 6.07) is 55.9. The molecule has 2 aliphatic rings. The van der Waals surface area contributed by atoms with Crippen LogP contribution in [0.5, 0.6) is 0 Å². The van der Waals surface area contributed by atoms with Crippen LogP contribution in [-0.4, -0.2) is 19.5 Å². The van der Waals surface area contributed by atoms with E-state index in [0.29, 0.717) is 5.95 Å². The summed E-state index contributed by atoms with van der Waals surface area (Å²) in [5.41, 5.74) is 14.0. The predicted octanol–water partition coefficient (Wildman–Crippen LogP) is 11.8. The number of benzene rings is 7. The SMILES string of the molecule is C1=Cc2ccc(-c3ccc4c(c3)c3cccnc3n4-c3ncccn3)cc2C2(c3ccccc31)c1ccccc1-c1c2c2ccccc2c2ccccc12. The molecule has 12 rings (SSSR count). The molecular formula is C50H30N4. The van der Waals surface area contributed by atoms with Crippen molar-refractivity contribution in [2.45, 2.75) is 5.41 Å². The quantitative estimate of drug-likeness (QED) is 0.170. The fourth-order valence-corrected chi connectivity index (χ4v) is 9.68. The van der Waals surface area contributed by atoms with Crippen LogP contribution in [0.2, 0.25) is 0 Å². The first-order valence-electron chi connectivity index (χ1n) is 18.4. The number of hydrogen-bond donors (Lipinski definition) is 0. The third-order valence-electron chi connectivity index (χ3n) is 11.8. The summed E-state index contributed by atoms with van der Waals surface area (Å²) in [6.07, 6.45) is 10.0. The van der Waals surface area contributed by atoms with E-state index in [1.54, 1.807) is 12.4 Å². The van der Waals surface area contributed by atoms with Crippen LogP contribution >= 0.6 is 0 Å². The van der Waals surface area contributed by atoms with Crippen LogP contribution in [-0.2, 0) is 5.41 Å². The van der Waals surface area contributed by atoms with Gasteiger partial charge in [0.25, 0.3) is 0 Å². The zero-order valence-corrected chi connectivity index (χ0v) is 29.1. The number of nitrogens with zero attached hydrogens (tertiary/aromatic N) is 4. The van der Waals surface area contributed by atoms with Gasteiger partial charge in [0.1, 0.15) is 5.65 Å². The Hall–Kier alpha value is -7.17. The normalized spacial score (nSPS) is 15.4. The molecule has 0 fully saturated rings. The Bertz CT molecular complexity index is 3230. The Kier molecular flexibility index (Phi) is 5.95. The van der Waals surface area contributed by atoms with Gasteiger partial charge in [-0.3, -0.25) is 4.57 Å². The summed E-state index contributed by atoms with van der Waals surface area (Å²) in [5.74, 6) is 0.611. The Labute approximate surface area is 311 Å². The molecule has 0 N–H and O–H groups in total. The summed E-state index contributed by atoms with van der Waals surface area (Å²) in [5, 5.41) is 7.34. The molecule has 54 heavy (non-hydrogen) atoms. The van der Waals surface area contributed by atoms with Crippen molar-refractivity contribution >= 4 is 55.6 Å². The van der Waals surface area contributed by atoms with Gasteiger partial charge in [0.05, 0.1) is 10.9 Å². The van der Waals surface area contributed by atoms with E-state index >= 15 is 0 Å². The molecule has 4 nitrogen and oxygen atoms in total. The van der Waals surface area contributed by atoms with Crippen molar-refractivity contribution in [2.24, 2.45) is 0 Å². The van der Waals surface area contributed by atoms with E-state index in [2.05, 4.69) is 166 Å². The van der Waals surface area contributed by atoms with E-state index in [1.807, 2.05) is 18.3 Å². The minimum absolute atomic E-state index is 0.574. The first-order valence-corrected chi connectivity index (χ1v) is 18.4. The highest BCUT2D eigenvalue weighted by atomic mass is 15.2. The number of rotatable bonds is 2. The Morgan fingerprint density at radius 2 is 1.06 bits per heavy atom. The van der Waals surface area contributed by atoms with Gasteiger partial charge in [-0.05, 0) is 114 Å². The Morgan fingerprint density at radius 3 is 1.91 bits per heavy atom. The van der Waals surface area contributed by atoms with E-state index in [0.717, 1.165) is 27.5 Å². The van der Waals surface area contributed by atoms with E-state index < -0.39 is 5.41 Å². The highest BCUT2D eigenvalue weighted by Gasteiger charge is 2.50. The number of fused-ring (bicyclic) bond motifs is 17. The average Bonchev–Trinajstić information content (AvgIpc) is 3.69. The van der Waals surface area contributed by atoms with E-state index in [9.17, 15) is 0 Å². The maximum atomic E-state index is 4.80. The zero-order chi connectivity index (χ0) is 35.4. The first kappa shape index (κ1) is 29.4. The van der Waals surface area contributed by atoms with Crippen molar-refractivity contribution in [3.63, 3.8) is 0 Å². The van der Waals surface area contributed by atoms with Crippen LogP contribution in [0.15, 0.2) is 170 Å². The van der Waals surface area contributed by atoms with Crippen molar-refractivity contribution < 1.29 is 0 Å². The van der Waals surface area contributed by atoms with Crippen molar-refractivity contribution in [1.82, 2.24) is 19.5 Å². The smallest absolute Gasteiger partial charge is 0.235 e. The molecular weight excluding hydrogens is 657 g/mol. The van der Waals surface area contributed by atoms with Crippen LogP contribution in [0.1, 0.15) is 33.4 Å². The van der Waals surface area contributed by atoms with Gasteiger partial charge in [0.15, 0.2) is 0 Å². The highest BCUT2D eigenvalue weighted by Crippen LogP contribution is 2.62. The van der Waals surface area contributed by atoms with Gasteiger partial charge >= 0.3 is 0 Å². The van der Waals surface area contributed by atoms with Gasteiger partial charge in [0, 0.05) is 29.4 Å². The molecule has 2 aliphatic carbocycles. The summed E-state index contributed by atoms with van der Waals surface area (Å²) in [7, 11) is 0. The Balaban J connectivity index is 1.19. The number of hydrogen-bond acceptors (Lipinski definition) is 3. The lowest BCUT2D eigenvalue weighted by atomic mass is 9.64. The zero-order valence-electron chi connectivity index (χ0n) is 29.1. The number of pyridine rings is 1. The summed E-state index contributed by atoms with van der Waals surface area (Å²) in [6.45, 7) is 0. The van der Waals surface area contributed by atoms with Gasteiger partial charge in [-0.25, -0.2) is 15.0 Å². The molecule has 1 unspecified atom stereocenters. The molecule has 3 heterocycles. The maximum absolute atomic E-state index is 4.80. The third-order valence-corrected chi connectivity index (χ3v) is 11.8. The van der Waals surface area contributed by atoms with E-state index in [1.165, 1.54) is 71.6 Å². The molecule has 1 atom stereocenters. The van der Waals surface area contributed by atoms with Crippen LogP contribution in [0.4, 0.5) is 0 Å². The van der Waals surface area contributed by atoms with Crippen LogP contribution in [0, 0.1) is 0 Å². The van der Waals surface area contributed by atoms with E-state index in [4.69, 9.17) is 4.98 Å². The molecule has 10 aromatic rings. The predicted molar refractivity (Wildman–Crippen MR) is 221 cm³/mol. The third kappa shape index (κ3) is 3.79. The lowest BCUT2D eigenvalue weighted by molar-refractivity contribution is 0.774. The van der Waals surface area contributed by atoms with Crippen molar-refractivity contribution in [3.05, 3.63) is 204 Å². The average molecular weight is 687 g/mol. The Morgan fingerprint density at radius 1 is 0.426 bits per heavy atom. The van der Waals surface area contributed by atoms with Crippen LogP contribution in [0.25, 0.3) is 83.8 Å². The topological polar surface area (TPSA) is 43.6 Å². The molecule has 0 radical (unpaired) electrons. The molecule has 0 aliphatic heterocycles. The monoisotopic (exact) mass is 686 g/mol. The fourth-order valence-electron chi connectivity index (χ4n) is 9.68. The van der Waals surface area contributed by atoms with Crippen molar-refractivity contribution in [2.75, 3.05) is 0 Å². The summed E-state index contributed by atoms with van der Waals surface area (Å²) < 4.78 is 2.06. The molecule has 0 saturated carbocycles. The minimum atomic E-state index is -0.574. The highest BCUT2D eigenvalue weighted by molar-refractivity contribution is 6.19. The minimum Gasteiger partial charge on any atom is -0.262 e. The maximum Gasteiger partial charge on any atom is 0.235 e. The molecule has 7 aromatic carbocycles. The molecule has 0 saturated heterocycles. The fraction of sp³-hybridized carbons (Fsp3) is 0.0200. The largest absolute Gasteiger partial charge is 0.262 e. The van der Waals surface area contributed by atoms with Crippen molar-refractivity contribution in [3.8, 4) is 28.2 Å². The molecule has 250 valence electrons. The lowest BCUT2D eigenvalue weighted by Crippen LogP contribution is -2.30. The second kappa shape index (κ2) is 10.9. The van der Waals surface area contributed by atoms with Gasteiger partial charge in [0.2, 0.25) is 5.95 Å². The van der Waals surface area contributed by atoms with Gasteiger partial charge in [-0.2, -0.15) is 0 Å². The second-order valence-electron chi connectivity index (χ2n) is 14.4. The van der Waals surface area contributed by atoms with Gasteiger partial charge < -0.3 is 0 Å². The molecule has 0 bridgehead atoms. The van der Waals surface area contributed by atoms with Crippen molar-refractivity contribution in [1.29, 1.82) is 0 Å². The van der Waals surface area contributed by atoms with Crippen LogP contribution in [0.3, 0.4) is 0 Å². The molecule has 0 amide bonds. The van der Waals surface area contributed by atoms with E-state index in [-0.39, 0.29) is 0 Å². The molecule has 4 heteroatoms. The number of aromatic nitrogens is 4. The lowest BCUT2D eigenvalue weighted by Gasteiger charge is -2.36. The summed E-state index contributed by atoms with van der Waals surface area (Å²) >= 11 is 0. The standard InChI is InChI=1S/C50H30N4/c1-7-18-42-31(11-1)20-21-32-22-23-34(33-24-25-45-41(29-33)39-17-9-26-51-48(39)54(45)49-52-27-10-28-53-49)30-44(32)50(42)43-19-8-6-16-40(43)46-37-14-4-2-12-35(37)36-13-3-5-15-38(36)47(46)50/h1-30H. The first-order chi connectivity index (χ1) is 26.8. The van der Waals surface area contributed by atoms with Gasteiger partial charge in [-0.1, -0.05) is 127 Å².